The molecule has 2 aromatic heterocycles. The van der Waals surface area contributed by atoms with Gasteiger partial charge in [-0.15, -0.1) is 0 Å². The lowest BCUT2D eigenvalue weighted by molar-refractivity contribution is -0.140. The first-order chi connectivity index (χ1) is 15.5. The van der Waals surface area contributed by atoms with Crippen molar-refractivity contribution in [2.75, 3.05) is 0 Å². The van der Waals surface area contributed by atoms with Crippen LogP contribution in [0.3, 0.4) is 0 Å². The van der Waals surface area contributed by atoms with E-state index in [1.165, 1.54) is 23.9 Å². The van der Waals surface area contributed by atoms with Crippen LogP contribution in [0, 0.1) is 17.8 Å². The summed E-state index contributed by atoms with van der Waals surface area (Å²) in [5, 5.41) is 4.87. The molecule has 3 aliphatic rings. The van der Waals surface area contributed by atoms with Crippen LogP contribution in [0.2, 0.25) is 0 Å². The number of Topliss-reactive ketones (excluding diaryl/α,β-unsaturated/α-hetero) is 1. The molecule has 1 aliphatic heterocycles. The Morgan fingerprint density at radius 3 is 2.75 bits per heavy atom. The van der Waals surface area contributed by atoms with Gasteiger partial charge in [0.1, 0.15) is 6.54 Å². The number of ketones is 1. The average Bonchev–Trinajstić information content (AvgIpc) is 3.29. The molecule has 0 radical (unpaired) electrons. The van der Waals surface area contributed by atoms with Crippen LogP contribution in [-0.2, 0) is 16.1 Å². The van der Waals surface area contributed by atoms with E-state index >= 15 is 0 Å². The van der Waals surface area contributed by atoms with Crippen molar-refractivity contribution in [1.29, 1.82) is 0 Å². The summed E-state index contributed by atoms with van der Waals surface area (Å²) in [4.78, 5) is 44.3. The van der Waals surface area contributed by atoms with Gasteiger partial charge in [-0.3, -0.25) is 24.0 Å². The van der Waals surface area contributed by atoms with Crippen molar-refractivity contribution >= 4 is 28.5 Å². The topological polar surface area (TPSA) is 111 Å². The van der Waals surface area contributed by atoms with Crippen LogP contribution >= 0.6 is 0 Å². The van der Waals surface area contributed by atoms with E-state index in [4.69, 9.17) is 5.73 Å². The van der Waals surface area contributed by atoms with Crippen molar-refractivity contribution in [3.05, 3.63) is 24.2 Å². The van der Waals surface area contributed by atoms with Crippen molar-refractivity contribution < 1.29 is 14.4 Å². The molecule has 5 rings (SSSR count). The van der Waals surface area contributed by atoms with Gasteiger partial charge in [-0.2, -0.15) is 5.10 Å². The van der Waals surface area contributed by atoms with Gasteiger partial charge in [-0.1, -0.05) is 32.6 Å². The molecule has 0 unspecified atom stereocenters. The number of hydrogen-bond donors (Lipinski definition) is 1. The van der Waals surface area contributed by atoms with Crippen LogP contribution in [0.1, 0.15) is 68.8 Å². The van der Waals surface area contributed by atoms with Crippen LogP contribution in [0.5, 0.6) is 0 Å². The van der Waals surface area contributed by atoms with Crippen LogP contribution in [-0.4, -0.2) is 49.3 Å². The molecule has 3 fully saturated rings. The summed E-state index contributed by atoms with van der Waals surface area (Å²) in [7, 11) is 0. The van der Waals surface area contributed by atoms with Crippen LogP contribution in [0.15, 0.2) is 18.5 Å². The van der Waals surface area contributed by atoms with E-state index in [-0.39, 0.29) is 36.0 Å². The zero-order chi connectivity index (χ0) is 22.4. The predicted octanol–water partition coefficient (Wildman–Crippen LogP) is 2.70. The number of aromatic nitrogens is 3. The largest absolute Gasteiger partial charge is 0.364 e. The second-order valence-electron chi connectivity index (χ2n) is 9.86. The number of primary amides is 1. The van der Waals surface area contributed by atoms with Gasteiger partial charge in [-0.25, -0.2) is 0 Å². The summed E-state index contributed by atoms with van der Waals surface area (Å²) >= 11 is 0. The molecule has 8 nitrogen and oxygen atoms in total. The fraction of sp³-hybridized carbons (Fsp3) is 0.625. The monoisotopic (exact) mass is 437 g/mol. The number of rotatable bonds is 7. The molecule has 2 amide bonds. The number of hydrogen-bond acceptors (Lipinski definition) is 5. The third kappa shape index (κ3) is 3.80. The molecular formula is C24H31N5O3. The molecule has 5 atom stereocenters. The Morgan fingerprint density at radius 1 is 1.16 bits per heavy atom. The zero-order valence-electron chi connectivity index (χ0n) is 18.6. The van der Waals surface area contributed by atoms with Crippen molar-refractivity contribution in [3.63, 3.8) is 0 Å². The lowest BCUT2D eigenvalue weighted by Gasteiger charge is -2.31. The first-order valence-electron chi connectivity index (χ1n) is 11.9. The summed E-state index contributed by atoms with van der Waals surface area (Å²) in [6.45, 7) is 2.21. The number of piperidine rings is 1. The fourth-order valence-electron chi connectivity index (χ4n) is 6.01. The van der Waals surface area contributed by atoms with Crippen LogP contribution in [0.25, 0.3) is 10.9 Å². The van der Waals surface area contributed by atoms with Gasteiger partial charge >= 0.3 is 0 Å². The van der Waals surface area contributed by atoms with E-state index in [9.17, 15) is 14.4 Å². The quantitative estimate of drug-likeness (QED) is 0.716. The molecule has 0 spiro atoms. The average molecular weight is 438 g/mol. The van der Waals surface area contributed by atoms with Gasteiger partial charge in [0.05, 0.1) is 17.8 Å². The summed E-state index contributed by atoms with van der Waals surface area (Å²) in [6, 6.07) is 1.53. The Kier molecular flexibility index (Phi) is 5.47. The maximum Gasteiger partial charge on any atom is 0.269 e. The number of likely N-dealkylation sites (tertiary alicyclic amines) is 1. The first kappa shape index (κ1) is 21.1. The van der Waals surface area contributed by atoms with Gasteiger partial charge in [0, 0.05) is 24.0 Å². The highest BCUT2D eigenvalue weighted by Gasteiger charge is 2.55. The van der Waals surface area contributed by atoms with Gasteiger partial charge in [0.25, 0.3) is 5.91 Å². The molecule has 32 heavy (non-hydrogen) atoms. The summed E-state index contributed by atoms with van der Waals surface area (Å²) < 4.78 is 1.50. The third-order valence-corrected chi connectivity index (χ3v) is 7.79. The van der Waals surface area contributed by atoms with Crippen LogP contribution < -0.4 is 5.73 Å². The van der Waals surface area contributed by atoms with E-state index in [0.29, 0.717) is 29.2 Å². The number of carbonyl (C=O) groups excluding carboxylic acids is 3. The van der Waals surface area contributed by atoms with Crippen molar-refractivity contribution in [2.45, 2.75) is 76.9 Å². The Balaban J connectivity index is 1.32. The van der Waals surface area contributed by atoms with E-state index in [0.717, 1.165) is 31.6 Å². The normalized spacial score (nSPS) is 29.2. The highest BCUT2D eigenvalue weighted by atomic mass is 16.2. The fourth-order valence-corrected chi connectivity index (χ4v) is 6.01. The highest BCUT2D eigenvalue weighted by molar-refractivity contribution is 6.04. The second kappa shape index (κ2) is 8.30. The van der Waals surface area contributed by atoms with E-state index < -0.39 is 5.91 Å². The number of nitrogens with zero attached hydrogens (tertiary/aromatic N) is 4. The Labute approximate surface area is 187 Å². The summed E-state index contributed by atoms with van der Waals surface area (Å²) in [6.07, 6.45) is 11.4. The first-order valence-corrected chi connectivity index (χ1v) is 11.9. The van der Waals surface area contributed by atoms with Gasteiger partial charge in [-0.05, 0) is 43.1 Å². The highest BCUT2D eigenvalue weighted by Crippen LogP contribution is 2.49. The van der Waals surface area contributed by atoms with Gasteiger partial charge in [0.2, 0.25) is 5.91 Å². The van der Waals surface area contributed by atoms with Crippen molar-refractivity contribution in [3.8, 4) is 0 Å². The molecule has 2 N–H and O–H groups in total. The third-order valence-electron chi connectivity index (χ3n) is 7.79. The van der Waals surface area contributed by atoms with Crippen LogP contribution in [0.4, 0.5) is 0 Å². The lowest BCUT2D eigenvalue weighted by Crippen LogP contribution is -2.45. The Morgan fingerprint density at radius 2 is 1.97 bits per heavy atom. The summed E-state index contributed by atoms with van der Waals surface area (Å²) in [5.41, 5.74) is 6.20. The van der Waals surface area contributed by atoms with Gasteiger partial charge in [0.15, 0.2) is 11.5 Å². The van der Waals surface area contributed by atoms with Gasteiger partial charge < -0.3 is 10.6 Å². The molecule has 2 saturated carbocycles. The molecule has 1 saturated heterocycles. The standard InChI is InChI=1S/C24H31N5O3/c1-2-14-4-3-5-15(8-14)9-21(30)19-11-16-10-18(16)29(19)22(31)13-28-20-12-26-7-6-17(20)23(27-28)24(25)32/h6-7,12,14-16,18-19H,2-5,8-11,13H2,1H3,(H2,25,32)/t14-,15+,16+,18+,19-/m0/s1. The number of fused-ring (bicyclic) bond motifs is 2. The molecule has 0 aromatic carbocycles. The minimum Gasteiger partial charge on any atom is -0.364 e. The lowest BCUT2D eigenvalue weighted by atomic mass is 9.77. The van der Waals surface area contributed by atoms with E-state index in [1.807, 2.05) is 4.90 Å². The minimum atomic E-state index is -0.637. The predicted molar refractivity (Wildman–Crippen MR) is 119 cm³/mol. The molecule has 2 aliphatic carbocycles. The number of amides is 2. The molecule has 3 heterocycles. The number of pyridine rings is 1. The molecule has 2 aromatic rings. The maximum absolute atomic E-state index is 13.4. The molecule has 0 bridgehead atoms. The minimum absolute atomic E-state index is 0.0240. The zero-order valence-corrected chi connectivity index (χ0v) is 18.6. The number of nitrogens with two attached hydrogens (primary N) is 1. The smallest absolute Gasteiger partial charge is 0.269 e. The Bertz CT molecular complexity index is 1060. The van der Waals surface area contributed by atoms with E-state index in [2.05, 4.69) is 17.0 Å². The summed E-state index contributed by atoms with van der Waals surface area (Å²) in [5.74, 6) is 1.10. The van der Waals surface area contributed by atoms with E-state index in [1.54, 1.807) is 18.5 Å². The van der Waals surface area contributed by atoms with Crippen molar-refractivity contribution in [1.82, 2.24) is 19.7 Å². The Hall–Kier alpha value is -2.77. The molecule has 8 heteroatoms. The molecular weight excluding hydrogens is 406 g/mol. The number of carbonyl (C=O) groups is 3. The maximum atomic E-state index is 13.4. The van der Waals surface area contributed by atoms with Crippen molar-refractivity contribution in [2.24, 2.45) is 23.5 Å². The molecule has 170 valence electrons. The second-order valence-corrected chi connectivity index (χ2v) is 9.86. The SMILES string of the molecule is CC[C@H]1CCC[C@@H](CC(=O)[C@@H]2C[C@H]3C[C@H]3N2C(=O)Cn2nc(C(N)=O)c3ccncc32)C1.